The fourth-order valence-electron chi connectivity index (χ4n) is 1.91. The predicted molar refractivity (Wildman–Crippen MR) is 55.5 cm³/mol. The minimum absolute atomic E-state index is 0.328. The fourth-order valence-corrected chi connectivity index (χ4v) is 1.91. The Bertz CT molecular complexity index is 373. The normalized spacial score (nSPS) is 20.9. The Morgan fingerprint density at radius 3 is 2.93 bits per heavy atom. The Balaban J connectivity index is 2.28. The number of fused-ring (bicyclic) bond motifs is 1. The van der Waals surface area contributed by atoms with Crippen LogP contribution in [0, 0.1) is 0 Å². The van der Waals surface area contributed by atoms with Crippen LogP contribution in [0.25, 0.3) is 0 Å². The summed E-state index contributed by atoms with van der Waals surface area (Å²) >= 11 is 0. The second-order valence-electron chi connectivity index (χ2n) is 3.77. The summed E-state index contributed by atoms with van der Waals surface area (Å²) in [4.78, 5) is 11.5. The van der Waals surface area contributed by atoms with Crippen molar-refractivity contribution in [2.45, 2.75) is 32.0 Å². The van der Waals surface area contributed by atoms with Crippen LogP contribution in [0.3, 0.4) is 0 Å². The van der Waals surface area contributed by atoms with Crippen LogP contribution in [0.1, 0.15) is 41.8 Å². The van der Waals surface area contributed by atoms with Gasteiger partial charge in [0.05, 0.1) is 11.7 Å². The van der Waals surface area contributed by atoms with Gasteiger partial charge in [0.25, 0.3) is 0 Å². The lowest BCUT2D eigenvalue weighted by Gasteiger charge is -2.17. The second kappa shape index (κ2) is 4.03. The van der Waals surface area contributed by atoms with Gasteiger partial charge in [-0.3, -0.25) is 0 Å². The van der Waals surface area contributed by atoms with Crippen LogP contribution < -0.4 is 0 Å². The Kier molecular flexibility index (Phi) is 2.73. The lowest BCUT2D eigenvalue weighted by Crippen LogP contribution is -2.18. The molecule has 3 heteroatoms. The number of rotatable bonds is 3. The van der Waals surface area contributed by atoms with Gasteiger partial charge in [0.1, 0.15) is 0 Å². The molecule has 0 bridgehead atoms. The first-order chi connectivity index (χ1) is 7.24. The lowest BCUT2D eigenvalue weighted by atomic mass is 9.99. The summed E-state index contributed by atoms with van der Waals surface area (Å²) < 4.78 is 5.16. The molecule has 1 aliphatic rings. The average molecular weight is 206 g/mol. The molecule has 0 amide bonds. The number of ether oxygens (including phenoxy) is 1. The molecule has 1 aromatic rings. The number of cyclic esters (lactones) is 1. The molecule has 0 aromatic heterocycles. The number of benzene rings is 1. The Morgan fingerprint density at radius 2 is 2.20 bits per heavy atom. The SMILES string of the molecule is CCC[C@@H](O)[C@H]1OC(=O)c2ccccc21. The number of hydrogen-bond donors (Lipinski definition) is 1. The zero-order chi connectivity index (χ0) is 10.8. The van der Waals surface area contributed by atoms with Gasteiger partial charge in [-0.2, -0.15) is 0 Å². The van der Waals surface area contributed by atoms with Gasteiger partial charge in [0.15, 0.2) is 6.10 Å². The highest BCUT2D eigenvalue weighted by Gasteiger charge is 2.34. The standard InChI is InChI=1S/C12H14O3/c1-2-5-10(13)11-8-6-3-4-7-9(8)12(14)15-11/h3-4,6-7,10-11,13H,2,5H2,1H3/t10-,11+/m1/s1. The summed E-state index contributed by atoms with van der Waals surface area (Å²) in [5.41, 5.74) is 1.39. The molecule has 0 spiro atoms. The van der Waals surface area contributed by atoms with Gasteiger partial charge in [-0.15, -0.1) is 0 Å². The van der Waals surface area contributed by atoms with Gasteiger partial charge < -0.3 is 9.84 Å². The topological polar surface area (TPSA) is 46.5 Å². The minimum Gasteiger partial charge on any atom is -0.451 e. The molecule has 1 N–H and O–H groups in total. The summed E-state index contributed by atoms with van der Waals surface area (Å²) in [6.45, 7) is 1.99. The van der Waals surface area contributed by atoms with Crippen molar-refractivity contribution in [3.63, 3.8) is 0 Å². The maximum absolute atomic E-state index is 11.5. The van der Waals surface area contributed by atoms with Gasteiger partial charge in [-0.05, 0) is 12.5 Å². The van der Waals surface area contributed by atoms with Crippen molar-refractivity contribution < 1.29 is 14.6 Å². The van der Waals surface area contributed by atoms with Gasteiger partial charge in [0.2, 0.25) is 0 Å². The number of esters is 1. The van der Waals surface area contributed by atoms with E-state index in [2.05, 4.69) is 0 Å². The van der Waals surface area contributed by atoms with Crippen LogP contribution >= 0.6 is 0 Å². The average Bonchev–Trinajstić information content (AvgIpc) is 2.58. The molecule has 0 fully saturated rings. The van der Waals surface area contributed by atoms with Gasteiger partial charge in [-0.25, -0.2) is 4.79 Å². The minimum atomic E-state index is -0.595. The molecule has 1 aliphatic heterocycles. The highest BCUT2D eigenvalue weighted by Crippen LogP contribution is 2.34. The molecule has 80 valence electrons. The largest absolute Gasteiger partial charge is 0.451 e. The monoisotopic (exact) mass is 206 g/mol. The molecular weight excluding hydrogens is 192 g/mol. The molecular formula is C12H14O3. The van der Waals surface area contributed by atoms with E-state index in [4.69, 9.17) is 4.74 Å². The summed E-state index contributed by atoms with van der Waals surface area (Å²) in [7, 11) is 0. The van der Waals surface area contributed by atoms with E-state index in [1.54, 1.807) is 12.1 Å². The molecule has 0 saturated carbocycles. The number of carbonyl (C=O) groups is 1. The highest BCUT2D eigenvalue weighted by atomic mass is 16.6. The van der Waals surface area contributed by atoms with Crippen molar-refractivity contribution >= 4 is 5.97 Å². The van der Waals surface area contributed by atoms with Gasteiger partial charge in [-0.1, -0.05) is 31.5 Å². The Morgan fingerprint density at radius 1 is 1.47 bits per heavy atom. The van der Waals surface area contributed by atoms with Crippen molar-refractivity contribution in [1.29, 1.82) is 0 Å². The van der Waals surface area contributed by atoms with Gasteiger partial charge in [0, 0.05) is 5.56 Å². The number of carbonyl (C=O) groups excluding carboxylic acids is 1. The van der Waals surface area contributed by atoms with Crippen molar-refractivity contribution in [3.8, 4) is 0 Å². The van der Waals surface area contributed by atoms with E-state index in [1.165, 1.54) is 0 Å². The smallest absolute Gasteiger partial charge is 0.339 e. The molecule has 0 unspecified atom stereocenters. The van der Waals surface area contributed by atoms with Gasteiger partial charge >= 0.3 is 5.97 Å². The number of aliphatic hydroxyl groups excluding tert-OH is 1. The van der Waals surface area contributed by atoms with Crippen molar-refractivity contribution in [2.75, 3.05) is 0 Å². The van der Waals surface area contributed by atoms with Crippen molar-refractivity contribution in [2.24, 2.45) is 0 Å². The van der Waals surface area contributed by atoms with Crippen LogP contribution in [-0.4, -0.2) is 17.2 Å². The summed E-state index contributed by atoms with van der Waals surface area (Å²) in [6.07, 6.45) is 0.445. The second-order valence-corrected chi connectivity index (χ2v) is 3.77. The molecule has 2 rings (SSSR count). The molecule has 2 atom stereocenters. The van der Waals surface area contributed by atoms with Crippen LogP contribution in [0.4, 0.5) is 0 Å². The van der Waals surface area contributed by atoms with E-state index in [0.29, 0.717) is 12.0 Å². The molecule has 0 saturated heterocycles. The summed E-state index contributed by atoms with van der Waals surface area (Å²) in [5.74, 6) is -0.328. The van der Waals surface area contributed by atoms with E-state index >= 15 is 0 Å². The van der Waals surface area contributed by atoms with Crippen molar-refractivity contribution in [1.82, 2.24) is 0 Å². The lowest BCUT2D eigenvalue weighted by molar-refractivity contribution is -0.0122. The number of aliphatic hydroxyl groups is 1. The van der Waals surface area contributed by atoms with E-state index in [-0.39, 0.29) is 5.97 Å². The van der Waals surface area contributed by atoms with E-state index in [0.717, 1.165) is 12.0 Å². The molecule has 1 heterocycles. The predicted octanol–water partition coefficient (Wildman–Crippen LogP) is 2.06. The summed E-state index contributed by atoms with van der Waals surface area (Å²) in [5, 5.41) is 9.84. The van der Waals surface area contributed by atoms with E-state index < -0.39 is 12.2 Å². The third kappa shape index (κ3) is 1.75. The van der Waals surface area contributed by atoms with Crippen LogP contribution in [0.2, 0.25) is 0 Å². The fraction of sp³-hybridized carbons (Fsp3) is 0.417. The number of hydrogen-bond acceptors (Lipinski definition) is 3. The van der Waals surface area contributed by atoms with Crippen LogP contribution in [0.15, 0.2) is 24.3 Å². The van der Waals surface area contributed by atoms with Crippen LogP contribution in [0.5, 0.6) is 0 Å². The first-order valence-corrected chi connectivity index (χ1v) is 5.22. The molecule has 1 aromatic carbocycles. The van der Waals surface area contributed by atoms with E-state index in [1.807, 2.05) is 19.1 Å². The van der Waals surface area contributed by atoms with Crippen molar-refractivity contribution in [3.05, 3.63) is 35.4 Å². The quantitative estimate of drug-likeness (QED) is 0.770. The first kappa shape index (κ1) is 10.2. The maximum atomic E-state index is 11.5. The Hall–Kier alpha value is -1.35. The zero-order valence-electron chi connectivity index (χ0n) is 8.64. The van der Waals surface area contributed by atoms with Crippen LogP contribution in [-0.2, 0) is 4.74 Å². The third-order valence-corrected chi connectivity index (χ3v) is 2.66. The molecule has 0 aliphatic carbocycles. The third-order valence-electron chi connectivity index (χ3n) is 2.66. The maximum Gasteiger partial charge on any atom is 0.339 e. The molecule has 3 nitrogen and oxygen atoms in total. The summed E-state index contributed by atoms with van der Waals surface area (Å²) in [6, 6.07) is 7.22. The molecule has 15 heavy (non-hydrogen) atoms. The van der Waals surface area contributed by atoms with E-state index in [9.17, 15) is 9.90 Å². The first-order valence-electron chi connectivity index (χ1n) is 5.22. The Labute approximate surface area is 88.7 Å². The zero-order valence-corrected chi connectivity index (χ0v) is 8.64. The highest BCUT2D eigenvalue weighted by molar-refractivity contribution is 5.94. The molecule has 0 radical (unpaired) electrons.